The van der Waals surface area contributed by atoms with Gasteiger partial charge in [-0.1, -0.05) is 24.3 Å². The summed E-state index contributed by atoms with van der Waals surface area (Å²) in [6, 6.07) is 8.98. The molecule has 4 rings (SSSR count). The van der Waals surface area contributed by atoms with E-state index in [1.807, 2.05) is 48.5 Å². The highest BCUT2D eigenvalue weighted by Gasteiger charge is 2.30. The van der Waals surface area contributed by atoms with E-state index in [9.17, 15) is 13.2 Å². The number of likely N-dealkylation sites (N-methyl/N-ethyl adjacent to an activating group) is 1. The molecule has 0 aliphatic carbocycles. The Morgan fingerprint density at radius 2 is 1.77 bits per heavy atom. The number of benzene rings is 2. The first-order valence-corrected chi connectivity index (χ1v) is 8.11. The minimum absolute atomic E-state index is 0.0493. The van der Waals surface area contributed by atoms with Crippen molar-refractivity contribution >= 4 is 12.2 Å². The third-order valence-electron chi connectivity index (χ3n) is 4.53. The molecule has 0 fully saturated rings. The smallest absolute Gasteiger partial charge is 0.416 e. The van der Waals surface area contributed by atoms with Crippen LogP contribution >= 0.6 is 0 Å². The lowest BCUT2D eigenvalue weighted by molar-refractivity contribution is -0.137. The van der Waals surface area contributed by atoms with Crippen molar-refractivity contribution in [3.05, 3.63) is 70.9 Å². The van der Waals surface area contributed by atoms with Gasteiger partial charge in [0.25, 0.3) is 0 Å². The lowest BCUT2D eigenvalue weighted by Crippen LogP contribution is -2.20. The fraction of sp³-hybridized carbons (Fsp3) is 0.200. The van der Waals surface area contributed by atoms with Crippen LogP contribution < -0.4 is 9.47 Å². The molecule has 134 valence electrons. The van der Waals surface area contributed by atoms with Crippen LogP contribution in [0.15, 0.2) is 48.7 Å². The largest absolute Gasteiger partial charge is 0.454 e. The predicted molar refractivity (Wildman–Crippen MR) is 92.6 cm³/mol. The molecule has 6 heteroatoms. The van der Waals surface area contributed by atoms with Crippen LogP contribution in [0.5, 0.6) is 11.5 Å². The molecule has 1 unspecified atom stereocenters. The van der Waals surface area contributed by atoms with Crippen molar-refractivity contribution in [1.29, 1.82) is 0 Å². The number of halogens is 3. The van der Waals surface area contributed by atoms with Gasteiger partial charge in [-0.2, -0.15) is 13.2 Å². The molecule has 2 aliphatic rings. The van der Waals surface area contributed by atoms with Crippen LogP contribution in [0.4, 0.5) is 13.2 Å². The molecule has 0 bridgehead atoms. The van der Waals surface area contributed by atoms with Crippen LogP contribution in [0, 0.1) is 0 Å². The van der Waals surface area contributed by atoms with E-state index in [4.69, 9.17) is 9.47 Å². The summed E-state index contributed by atoms with van der Waals surface area (Å²) in [6.45, 7) is 0.212. The van der Waals surface area contributed by atoms with Crippen LogP contribution in [-0.2, 0) is 6.18 Å². The predicted octanol–water partition coefficient (Wildman–Crippen LogP) is 5.10. The third kappa shape index (κ3) is 3.03. The summed E-state index contributed by atoms with van der Waals surface area (Å²) >= 11 is 0. The Morgan fingerprint density at radius 1 is 1.08 bits per heavy atom. The Kier molecular flexibility index (Phi) is 3.90. The normalized spacial score (nSPS) is 18.5. The Bertz CT molecular complexity index is 885. The second-order valence-corrected chi connectivity index (χ2v) is 6.24. The Labute approximate surface area is 149 Å². The lowest BCUT2D eigenvalue weighted by atomic mass is 9.95. The standard InChI is InChI=1S/C20H16F3NO2/c1-24-9-8-14-10-18-19(26-12-25-18)11-16(14)17(24)7-4-13-2-5-15(6-3-13)20(21,22)23/h2-11,17H,12H2,1H3. The van der Waals surface area contributed by atoms with Crippen molar-refractivity contribution in [3.63, 3.8) is 0 Å². The highest BCUT2D eigenvalue weighted by atomic mass is 19.4. The van der Waals surface area contributed by atoms with E-state index in [0.717, 1.165) is 29.0 Å². The second-order valence-electron chi connectivity index (χ2n) is 6.24. The van der Waals surface area contributed by atoms with E-state index in [2.05, 4.69) is 0 Å². The van der Waals surface area contributed by atoms with E-state index in [1.54, 1.807) is 0 Å². The van der Waals surface area contributed by atoms with E-state index >= 15 is 0 Å². The average Bonchev–Trinajstić information content (AvgIpc) is 3.06. The quantitative estimate of drug-likeness (QED) is 0.744. The molecule has 26 heavy (non-hydrogen) atoms. The summed E-state index contributed by atoms with van der Waals surface area (Å²) in [7, 11) is 1.95. The molecule has 3 nitrogen and oxygen atoms in total. The monoisotopic (exact) mass is 359 g/mol. The van der Waals surface area contributed by atoms with Gasteiger partial charge >= 0.3 is 6.18 Å². The Hall–Kier alpha value is -2.89. The fourth-order valence-corrected chi connectivity index (χ4v) is 3.11. The van der Waals surface area contributed by atoms with Crippen LogP contribution in [0.1, 0.15) is 28.3 Å². The zero-order valence-corrected chi connectivity index (χ0v) is 14.0. The summed E-state index contributed by atoms with van der Waals surface area (Å²) in [6.07, 6.45) is 3.44. The van der Waals surface area contributed by atoms with Crippen molar-refractivity contribution in [3.8, 4) is 11.5 Å². The molecule has 2 aliphatic heterocycles. The van der Waals surface area contributed by atoms with Gasteiger partial charge in [-0.15, -0.1) is 0 Å². The lowest BCUT2D eigenvalue weighted by Gasteiger charge is -2.29. The first-order valence-electron chi connectivity index (χ1n) is 8.11. The molecule has 0 aromatic heterocycles. The van der Waals surface area contributed by atoms with E-state index in [1.165, 1.54) is 12.1 Å². The number of hydrogen-bond donors (Lipinski definition) is 0. The molecule has 1 atom stereocenters. The maximum absolute atomic E-state index is 12.7. The summed E-state index contributed by atoms with van der Waals surface area (Å²) in [4.78, 5) is 2.03. The van der Waals surface area contributed by atoms with Gasteiger partial charge in [0, 0.05) is 13.2 Å². The minimum atomic E-state index is -4.32. The Morgan fingerprint density at radius 3 is 2.46 bits per heavy atom. The molecule has 2 aromatic rings. The average molecular weight is 359 g/mol. The van der Waals surface area contributed by atoms with Gasteiger partial charge in [-0.25, -0.2) is 0 Å². The Balaban J connectivity index is 1.62. The molecule has 0 radical (unpaired) electrons. The fourth-order valence-electron chi connectivity index (χ4n) is 3.11. The van der Waals surface area contributed by atoms with Crippen LogP contribution in [0.25, 0.3) is 12.2 Å². The molecule has 0 saturated heterocycles. The van der Waals surface area contributed by atoms with Crippen molar-refractivity contribution in [2.45, 2.75) is 12.2 Å². The molecular weight excluding hydrogens is 343 g/mol. The van der Waals surface area contributed by atoms with Gasteiger partial charge in [0.05, 0.1) is 11.6 Å². The topological polar surface area (TPSA) is 21.7 Å². The molecule has 0 amide bonds. The van der Waals surface area contributed by atoms with Gasteiger partial charge in [-0.05, 0) is 47.0 Å². The van der Waals surface area contributed by atoms with Crippen molar-refractivity contribution in [2.75, 3.05) is 13.8 Å². The van der Waals surface area contributed by atoms with Crippen molar-refractivity contribution < 1.29 is 22.6 Å². The number of alkyl halides is 3. The van der Waals surface area contributed by atoms with E-state index < -0.39 is 11.7 Å². The van der Waals surface area contributed by atoms with E-state index in [0.29, 0.717) is 11.3 Å². The maximum Gasteiger partial charge on any atom is 0.416 e. The highest BCUT2D eigenvalue weighted by molar-refractivity contribution is 5.65. The zero-order valence-electron chi connectivity index (χ0n) is 14.0. The molecule has 0 N–H and O–H groups in total. The molecule has 2 aromatic carbocycles. The number of rotatable bonds is 2. The second kappa shape index (κ2) is 6.12. The molecule has 0 saturated carbocycles. The van der Waals surface area contributed by atoms with Gasteiger partial charge in [0.15, 0.2) is 11.5 Å². The number of fused-ring (bicyclic) bond motifs is 2. The number of hydrogen-bond acceptors (Lipinski definition) is 3. The summed E-state index contributed by atoms with van der Waals surface area (Å²) in [5.41, 5.74) is 2.16. The first-order chi connectivity index (χ1) is 12.4. The van der Waals surface area contributed by atoms with Crippen LogP contribution in [0.3, 0.4) is 0 Å². The summed E-state index contributed by atoms with van der Waals surface area (Å²) in [5.74, 6) is 1.43. The summed E-state index contributed by atoms with van der Waals surface area (Å²) < 4.78 is 48.9. The van der Waals surface area contributed by atoms with Crippen molar-refractivity contribution in [2.24, 2.45) is 0 Å². The highest BCUT2D eigenvalue weighted by Crippen LogP contribution is 2.41. The summed E-state index contributed by atoms with van der Waals surface area (Å²) in [5, 5.41) is 0. The van der Waals surface area contributed by atoms with Gasteiger partial charge in [-0.3, -0.25) is 0 Å². The maximum atomic E-state index is 12.7. The first kappa shape index (κ1) is 16.6. The molecular formula is C20H16F3NO2. The van der Waals surface area contributed by atoms with Crippen molar-refractivity contribution in [1.82, 2.24) is 4.90 Å². The van der Waals surface area contributed by atoms with Gasteiger partial charge in [0.1, 0.15) is 0 Å². The zero-order chi connectivity index (χ0) is 18.3. The molecule has 2 heterocycles. The van der Waals surface area contributed by atoms with E-state index in [-0.39, 0.29) is 12.8 Å². The number of ether oxygens (including phenoxy) is 2. The van der Waals surface area contributed by atoms with Gasteiger partial charge in [0.2, 0.25) is 6.79 Å². The number of nitrogens with zero attached hydrogens (tertiary/aromatic N) is 1. The third-order valence-corrected chi connectivity index (χ3v) is 4.53. The van der Waals surface area contributed by atoms with Crippen LogP contribution in [0.2, 0.25) is 0 Å². The minimum Gasteiger partial charge on any atom is -0.454 e. The molecule has 0 spiro atoms. The van der Waals surface area contributed by atoms with Gasteiger partial charge < -0.3 is 14.4 Å². The SMILES string of the molecule is CN1C=Cc2cc3c(cc2C1C=Cc1ccc(C(F)(F)F)cc1)OCO3. The van der Waals surface area contributed by atoms with Crippen LogP contribution in [-0.4, -0.2) is 18.7 Å².